The maximum Gasteiger partial charge on any atom is 0.136 e. The number of nitrogens with zero attached hydrogens (tertiary/aromatic N) is 5. The molecule has 26 heavy (non-hydrogen) atoms. The van der Waals surface area contributed by atoms with Gasteiger partial charge in [-0.3, -0.25) is 4.90 Å². The lowest BCUT2D eigenvalue weighted by atomic mass is 9.82. The van der Waals surface area contributed by atoms with Gasteiger partial charge in [-0.15, -0.1) is 0 Å². The minimum Gasteiger partial charge on any atom is -0.354 e. The summed E-state index contributed by atoms with van der Waals surface area (Å²) < 4.78 is 0. The zero-order chi connectivity index (χ0) is 18.6. The Labute approximate surface area is 158 Å². The highest BCUT2D eigenvalue weighted by Crippen LogP contribution is 2.37. The summed E-state index contributed by atoms with van der Waals surface area (Å²) >= 11 is 0. The molecule has 1 aliphatic carbocycles. The lowest BCUT2D eigenvalue weighted by molar-refractivity contribution is 0.252. The molecule has 2 aliphatic rings. The molecule has 3 rings (SSSR count). The molecule has 0 aromatic carbocycles. The first kappa shape index (κ1) is 19.1. The minimum absolute atomic E-state index is 0.0168. The van der Waals surface area contributed by atoms with Gasteiger partial charge in [0.2, 0.25) is 0 Å². The third kappa shape index (κ3) is 4.73. The highest BCUT2D eigenvalue weighted by Gasteiger charge is 2.27. The molecule has 2 heterocycles. The SMILES string of the molecule is CC(C)(C)c1nc(C2CCC2)cc(N2CCN(CCCCC#N)CC2)n1. The second-order valence-electron chi connectivity index (χ2n) is 8.80. The number of aromatic nitrogens is 2. The van der Waals surface area contributed by atoms with Crippen LogP contribution in [-0.2, 0) is 5.41 Å². The van der Waals surface area contributed by atoms with Gasteiger partial charge in [-0.1, -0.05) is 27.2 Å². The predicted molar refractivity (Wildman–Crippen MR) is 105 cm³/mol. The van der Waals surface area contributed by atoms with Crippen molar-refractivity contribution < 1.29 is 0 Å². The second kappa shape index (κ2) is 8.35. The zero-order valence-electron chi connectivity index (χ0n) is 16.7. The van der Waals surface area contributed by atoms with Gasteiger partial charge in [-0.25, -0.2) is 9.97 Å². The Morgan fingerprint density at radius 3 is 2.42 bits per heavy atom. The maximum atomic E-state index is 8.64. The van der Waals surface area contributed by atoms with Crippen LogP contribution < -0.4 is 4.90 Å². The Hall–Kier alpha value is -1.67. The van der Waals surface area contributed by atoms with Crippen molar-refractivity contribution >= 4 is 5.82 Å². The van der Waals surface area contributed by atoms with Crippen molar-refractivity contribution in [2.24, 2.45) is 0 Å². The van der Waals surface area contributed by atoms with Crippen LogP contribution in [0.4, 0.5) is 5.82 Å². The molecule has 1 aromatic heterocycles. The molecular formula is C21H33N5. The molecule has 2 fully saturated rings. The van der Waals surface area contributed by atoms with Crippen molar-refractivity contribution in [1.29, 1.82) is 5.26 Å². The Bertz CT molecular complexity index is 631. The number of rotatable bonds is 6. The molecule has 0 bridgehead atoms. The van der Waals surface area contributed by atoms with Crippen LogP contribution in [0.25, 0.3) is 0 Å². The van der Waals surface area contributed by atoms with Crippen LogP contribution in [0.2, 0.25) is 0 Å². The third-order valence-corrected chi connectivity index (χ3v) is 5.64. The van der Waals surface area contributed by atoms with E-state index < -0.39 is 0 Å². The number of hydrogen-bond donors (Lipinski definition) is 0. The summed E-state index contributed by atoms with van der Waals surface area (Å²) in [6.07, 6.45) is 6.70. The van der Waals surface area contributed by atoms with Gasteiger partial charge >= 0.3 is 0 Å². The van der Waals surface area contributed by atoms with Crippen LogP contribution in [0.1, 0.15) is 76.7 Å². The van der Waals surface area contributed by atoms with Gasteiger partial charge in [0, 0.05) is 55.7 Å². The van der Waals surface area contributed by atoms with E-state index in [1.807, 2.05) is 0 Å². The van der Waals surface area contributed by atoms with E-state index in [1.54, 1.807) is 0 Å². The molecule has 1 aromatic rings. The van der Waals surface area contributed by atoms with Crippen molar-refractivity contribution in [3.63, 3.8) is 0 Å². The highest BCUT2D eigenvalue weighted by molar-refractivity contribution is 5.42. The molecule has 142 valence electrons. The van der Waals surface area contributed by atoms with E-state index in [-0.39, 0.29) is 5.41 Å². The van der Waals surface area contributed by atoms with Crippen LogP contribution in [0.5, 0.6) is 0 Å². The molecule has 1 saturated carbocycles. The molecular weight excluding hydrogens is 322 g/mol. The fraction of sp³-hybridized carbons (Fsp3) is 0.762. The summed E-state index contributed by atoms with van der Waals surface area (Å²) in [7, 11) is 0. The summed E-state index contributed by atoms with van der Waals surface area (Å²) in [5, 5.41) is 8.64. The van der Waals surface area contributed by atoms with Crippen LogP contribution in [0, 0.1) is 11.3 Å². The molecule has 0 spiro atoms. The first-order chi connectivity index (χ1) is 12.5. The largest absolute Gasteiger partial charge is 0.354 e. The molecule has 1 aliphatic heterocycles. The van der Waals surface area contributed by atoms with Crippen molar-refractivity contribution in [2.75, 3.05) is 37.6 Å². The lowest BCUT2D eigenvalue weighted by Crippen LogP contribution is -2.47. The summed E-state index contributed by atoms with van der Waals surface area (Å²) in [6, 6.07) is 4.49. The predicted octanol–water partition coefficient (Wildman–Crippen LogP) is 3.86. The van der Waals surface area contributed by atoms with Gasteiger partial charge in [-0.2, -0.15) is 5.26 Å². The van der Waals surface area contributed by atoms with Crippen LogP contribution in [0.15, 0.2) is 6.07 Å². The zero-order valence-corrected chi connectivity index (χ0v) is 16.7. The quantitative estimate of drug-likeness (QED) is 0.725. The lowest BCUT2D eigenvalue weighted by Gasteiger charge is -2.36. The van der Waals surface area contributed by atoms with E-state index >= 15 is 0 Å². The average Bonchev–Trinajstić information content (AvgIpc) is 2.57. The first-order valence-corrected chi connectivity index (χ1v) is 10.2. The molecule has 1 saturated heterocycles. The van der Waals surface area contributed by atoms with Gasteiger partial charge in [0.05, 0.1) is 6.07 Å². The van der Waals surface area contributed by atoms with Crippen LogP contribution in [-0.4, -0.2) is 47.6 Å². The van der Waals surface area contributed by atoms with Crippen molar-refractivity contribution in [3.05, 3.63) is 17.6 Å². The van der Waals surface area contributed by atoms with E-state index in [4.69, 9.17) is 15.2 Å². The van der Waals surface area contributed by atoms with E-state index in [0.29, 0.717) is 12.3 Å². The van der Waals surface area contributed by atoms with Crippen molar-refractivity contribution in [3.8, 4) is 6.07 Å². The van der Waals surface area contributed by atoms with Crippen LogP contribution >= 0.6 is 0 Å². The standard InChI is InChI=1S/C21H33N5/c1-21(2,3)20-23-18(17-8-7-9-17)16-19(24-20)26-14-12-25(13-15-26)11-6-4-5-10-22/h16-17H,4-9,11-15H2,1-3H3. The summed E-state index contributed by atoms with van der Waals surface area (Å²) in [6.45, 7) is 12.0. The van der Waals surface area contributed by atoms with Gasteiger partial charge in [0.25, 0.3) is 0 Å². The number of piperazine rings is 1. The number of unbranched alkanes of at least 4 members (excludes halogenated alkanes) is 2. The average molecular weight is 356 g/mol. The summed E-state index contributed by atoms with van der Waals surface area (Å²) in [4.78, 5) is 14.8. The number of nitriles is 1. The van der Waals surface area contributed by atoms with E-state index in [2.05, 4.69) is 42.7 Å². The number of hydrogen-bond acceptors (Lipinski definition) is 5. The Morgan fingerprint density at radius 1 is 1.12 bits per heavy atom. The summed E-state index contributed by atoms with van der Waals surface area (Å²) in [5.74, 6) is 2.74. The monoisotopic (exact) mass is 355 g/mol. The number of anilines is 1. The minimum atomic E-state index is -0.0168. The van der Waals surface area contributed by atoms with E-state index in [1.165, 1.54) is 25.0 Å². The van der Waals surface area contributed by atoms with Gasteiger partial charge in [0.1, 0.15) is 11.6 Å². The maximum absolute atomic E-state index is 8.64. The smallest absolute Gasteiger partial charge is 0.136 e. The van der Waals surface area contributed by atoms with E-state index in [9.17, 15) is 0 Å². The fourth-order valence-electron chi connectivity index (χ4n) is 3.60. The first-order valence-electron chi connectivity index (χ1n) is 10.2. The topological polar surface area (TPSA) is 56.1 Å². The molecule has 0 N–H and O–H groups in total. The van der Waals surface area contributed by atoms with E-state index in [0.717, 1.165) is 57.2 Å². The normalized spacial score (nSPS) is 19.2. The Kier molecular flexibility index (Phi) is 6.13. The van der Waals surface area contributed by atoms with Gasteiger partial charge in [-0.05, 0) is 32.2 Å². The molecule has 5 heteroatoms. The third-order valence-electron chi connectivity index (χ3n) is 5.64. The van der Waals surface area contributed by atoms with Gasteiger partial charge < -0.3 is 4.90 Å². The van der Waals surface area contributed by atoms with Gasteiger partial charge in [0.15, 0.2) is 0 Å². The van der Waals surface area contributed by atoms with Crippen LogP contribution in [0.3, 0.4) is 0 Å². The molecule has 0 atom stereocenters. The molecule has 0 radical (unpaired) electrons. The molecule has 0 unspecified atom stereocenters. The van der Waals surface area contributed by atoms with Crippen molar-refractivity contribution in [2.45, 2.75) is 70.6 Å². The Morgan fingerprint density at radius 2 is 1.85 bits per heavy atom. The molecule has 5 nitrogen and oxygen atoms in total. The Balaban J connectivity index is 1.65. The van der Waals surface area contributed by atoms with Crippen molar-refractivity contribution in [1.82, 2.24) is 14.9 Å². The highest BCUT2D eigenvalue weighted by atomic mass is 15.3. The summed E-state index contributed by atoms with van der Waals surface area (Å²) in [5.41, 5.74) is 1.24. The second-order valence-corrected chi connectivity index (χ2v) is 8.80. The fourth-order valence-corrected chi connectivity index (χ4v) is 3.60. The molecule has 0 amide bonds.